The Morgan fingerprint density at radius 3 is 2.82 bits per heavy atom. The molecule has 2 N–H and O–H groups in total. The highest BCUT2D eigenvalue weighted by Gasteiger charge is 2.15. The van der Waals surface area contributed by atoms with E-state index in [1.807, 2.05) is 31.2 Å². The zero-order valence-electron chi connectivity index (χ0n) is 9.43. The number of pyridine rings is 1. The summed E-state index contributed by atoms with van der Waals surface area (Å²) in [6.07, 6.45) is 1.66. The maximum absolute atomic E-state index is 5.69. The number of benzene rings is 1. The molecule has 0 spiro atoms. The molecular weight excluding hydrogens is 216 g/mol. The molecule has 0 saturated heterocycles. The van der Waals surface area contributed by atoms with Gasteiger partial charge in [0.1, 0.15) is 0 Å². The van der Waals surface area contributed by atoms with Gasteiger partial charge < -0.3 is 15.2 Å². The van der Waals surface area contributed by atoms with E-state index in [4.69, 9.17) is 15.2 Å². The molecule has 0 radical (unpaired) electrons. The molecule has 86 valence electrons. The molecule has 1 aliphatic rings. The van der Waals surface area contributed by atoms with E-state index in [9.17, 15) is 0 Å². The lowest BCUT2D eigenvalue weighted by Gasteiger charge is -2.06. The van der Waals surface area contributed by atoms with E-state index >= 15 is 0 Å². The number of nitrogens with zero attached hydrogens (tertiary/aromatic N) is 1. The van der Waals surface area contributed by atoms with Crippen LogP contribution in [-0.4, -0.2) is 11.8 Å². The molecule has 4 heteroatoms. The molecule has 1 aliphatic heterocycles. The number of aromatic nitrogens is 1. The highest BCUT2D eigenvalue weighted by molar-refractivity contribution is 5.68. The van der Waals surface area contributed by atoms with Gasteiger partial charge in [-0.05, 0) is 36.8 Å². The van der Waals surface area contributed by atoms with Crippen molar-refractivity contribution in [3.63, 3.8) is 0 Å². The Kier molecular flexibility index (Phi) is 2.14. The van der Waals surface area contributed by atoms with Crippen molar-refractivity contribution in [3.05, 3.63) is 36.0 Å². The standard InChI is InChI=1S/C13H12N2O2/c1-8-4-10(14)6-15-13(8)9-2-3-11-12(5-9)17-7-16-11/h2-6H,7,14H2,1H3. The summed E-state index contributed by atoms with van der Waals surface area (Å²) >= 11 is 0. The Labute approximate surface area is 99.0 Å². The van der Waals surface area contributed by atoms with Crippen LogP contribution in [0, 0.1) is 6.92 Å². The normalized spacial score (nSPS) is 12.8. The maximum atomic E-state index is 5.69. The number of anilines is 1. The number of nitrogen functional groups attached to an aromatic ring is 1. The van der Waals surface area contributed by atoms with Crippen LogP contribution >= 0.6 is 0 Å². The van der Waals surface area contributed by atoms with Gasteiger partial charge in [-0.3, -0.25) is 4.98 Å². The zero-order chi connectivity index (χ0) is 11.8. The van der Waals surface area contributed by atoms with Crippen molar-refractivity contribution in [1.29, 1.82) is 0 Å². The molecule has 0 unspecified atom stereocenters. The van der Waals surface area contributed by atoms with E-state index in [1.165, 1.54) is 0 Å². The third-order valence-electron chi connectivity index (χ3n) is 2.75. The first-order valence-electron chi connectivity index (χ1n) is 5.36. The maximum Gasteiger partial charge on any atom is 0.231 e. The van der Waals surface area contributed by atoms with Gasteiger partial charge in [0, 0.05) is 5.56 Å². The smallest absolute Gasteiger partial charge is 0.231 e. The first kappa shape index (κ1) is 9.96. The van der Waals surface area contributed by atoms with Crippen LogP contribution in [0.3, 0.4) is 0 Å². The first-order chi connectivity index (χ1) is 8.24. The number of nitrogens with two attached hydrogens (primary N) is 1. The Balaban J connectivity index is 2.09. The molecule has 1 aromatic heterocycles. The van der Waals surface area contributed by atoms with Gasteiger partial charge in [-0.15, -0.1) is 0 Å². The molecule has 0 saturated carbocycles. The monoisotopic (exact) mass is 228 g/mol. The van der Waals surface area contributed by atoms with E-state index in [0.29, 0.717) is 5.69 Å². The van der Waals surface area contributed by atoms with Gasteiger partial charge in [0.05, 0.1) is 17.6 Å². The second-order valence-electron chi connectivity index (χ2n) is 4.00. The van der Waals surface area contributed by atoms with Gasteiger partial charge in [0.25, 0.3) is 0 Å². The van der Waals surface area contributed by atoms with E-state index in [0.717, 1.165) is 28.3 Å². The predicted molar refractivity (Wildman–Crippen MR) is 64.9 cm³/mol. The predicted octanol–water partition coefficient (Wildman–Crippen LogP) is 2.37. The Morgan fingerprint density at radius 1 is 1.18 bits per heavy atom. The van der Waals surface area contributed by atoms with Crippen molar-refractivity contribution >= 4 is 5.69 Å². The third-order valence-corrected chi connectivity index (χ3v) is 2.75. The summed E-state index contributed by atoms with van der Waals surface area (Å²) in [7, 11) is 0. The average Bonchev–Trinajstić information content (AvgIpc) is 2.75. The number of ether oxygens (including phenoxy) is 2. The molecule has 2 aromatic rings. The van der Waals surface area contributed by atoms with E-state index < -0.39 is 0 Å². The Hall–Kier alpha value is -2.23. The van der Waals surface area contributed by atoms with Crippen LogP contribution < -0.4 is 15.2 Å². The van der Waals surface area contributed by atoms with Crippen molar-refractivity contribution in [3.8, 4) is 22.8 Å². The van der Waals surface area contributed by atoms with Gasteiger partial charge in [-0.2, -0.15) is 0 Å². The second kappa shape index (κ2) is 3.66. The summed E-state index contributed by atoms with van der Waals surface area (Å²) in [4.78, 5) is 4.35. The van der Waals surface area contributed by atoms with Gasteiger partial charge >= 0.3 is 0 Å². The highest BCUT2D eigenvalue weighted by Crippen LogP contribution is 2.36. The lowest BCUT2D eigenvalue weighted by molar-refractivity contribution is 0.174. The molecule has 3 rings (SSSR count). The molecule has 4 nitrogen and oxygen atoms in total. The number of hydrogen-bond acceptors (Lipinski definition) is 4. The SMILES string of the molecule is Cc1cc(N)cnc1-c1ccc2c(c1)OCO2. The quantitative estimate of drug-likeness (QED) is 0.814. The van der Waals surface area contributed by atoms with Crippen LogP contribution in [0.4, 0.5) is 5.69 Å². The largest absolute Gasteiger partial charge is 0.454 e. The molecule has 1 aromatic carbocycles. The minimum absolute atomic E-state index is 0.285. The summed E-state index contributed by atoms with van der Waals surface area (Å²) in [5, 5.41) is 0. The van der Waals surface area contributed by atoms with Crippen LogP contribution in [0.15, 0.2) is 30.5 Å². The molecule has 0 atom stereocenters. The Morgan fingerprint density at radius 2 is 2.00 bits per heavy atom. The molecule has 2 heterocycles. The van der Waals surface area contributed by atoms with Gasteiger partial charge in [0.15, 0.2) is 11.5 Å². The van der Waals surface area contributed by atoms with E-state index in [2.05, 4.69) is 4.98 Å². The van der Waals surface area contributed by atoms with Crippen LogP contribution in [0.25, 0.3) is 11.3 Å². The summed E-state index contributed by atoms with van der Waals surface area (Å²) in [5.74, 6) is 1.54. The van der Waals surface area contributed by atoms with E-state index in [-0.39, 0.29) is 6.79 Å². The fourth-order valence-corrected chi connectivity index (χ4v) is 1.94. The molecular formula is C13H12N2O2. The van der Waals surface area contributed by atoms with Crippen molar-refractivity contribution < 1.29 is 9.47 Å². The number of rotatable bonds is 1. The first-order valence-corrected chi connectivity index (χ1v) is 5.36. The minimum atomic E-state index is 0.285. The lowest BCUT2D eigenvalue weighted by Crippen LogP contribution is -1.93. The van der Waals surface area contributed by atoms with Crippen LogP contribution in [0.5, 0.6) is 11.5 Å². The van der Waals surface area contributed by atoms with Crippen molar-refractivity contribution in [2.24, 2.45) is 0 Å². The van der Waals surface area contributed by atoms with Gasteiger partial charge in [-0.25, -0.2) is 0 Å². The van der Waals surface area contributed by atoms with Crippen molar-refractivity contribution in [2.45, 2.75) is 6.92 Å². The highest BCUT2D eigenvalue weighted by atomic mass is 16.7. The van der Waals surface area contributed by atoms with Crippen LogP contribution in [-0.2, 0) is 0 Å². The number of fused-ring (bicyclic) bond motifs is 1. The molecule has 0 aliphatic carbocycles. The topological polar surface area (TPSA) is 57.4 Å². The second-order valence-corrected chi connectivity index (χ2v) is 4.00. The fourth-order valence-electron chi connectivity index (χ4n) is 1.94. The molecule has 0 bridgehead atoms. The third kappa shape index (κ3) is 1.67. The minimum Gasteiger partial charge on any atom is -0.454 e. The fraction of sp³-hybridized carbons (Fsp3) is 0.154. The molecule has 17 heavy (non-hydrogen) atoms. The van der Waals surface area contributed by atoms with E-state index in [1.54, 1.807) is 6.20 Å². The van der Waals surface area contributed by atoms with Crippen molar-refractivity contribution in [2.75, 3.05) is 12.5 Å². The number of aryl methyl sites for hydroxylation is 1. The van der Waals surface area contributed by atoms with Crippen LogP contribution in [0.1, 0.15) is 5.56 Å². The van der Waals surface area contributed by atoms with Crippen LogP contribution in [0.2, 0.25) is 0 Å². The molecule has 0 amide bonds. The summed E-state index contributed by atoms with van der Waals surface area (Å²) < 4.78 is 10.6. The van der Waals surface area contributed by atoms with Gasteiger partial charge in [-0.1, -0.05) is 0 Å². The number of hydrogen-bond donors (Lipinski definition) is 1. The van der Waals surface area contributed by atoms with Gasteiger partial charge in [0.2, 0.25) is 6.79 Å². The average molecular weight is 228 g/mol. The Bertz CT molecular complexity index is 582. The molecule has 0 fully saturated rings. The lowest BCUT2D eigenvalue weighted by atomic mass is 10.1. The zero-order valence-corrected chi connectivity index (χ0v) is 9.43. The summed E-state index contributed by atoms with van der Waals surface area (Å²) in [6.45, 7) is 2.27. The summed E-state index contributed by atoms with van der Waals surface area (Å²) in [6, 6.07) is 7.72. The summed E-state index contributed by atoms with van der Waals surface area (Å²) in [5.41, 5.74) is 9.33. The van der Waals surface area contributed by atoms with Crippen molar-refractivity contribution in [1.82, 2.24) is 4.98 Å².